The molecule has 9 nitrogen and oxygen atoms in total. The first-order valence-corrected chi connectivity index (χ1v) is 18.0. The maximum absolute atomic E-state index is 13.4. The third-order valence-electron chi connectivity index (χ3n) is 7.71. The Morgan fingerprint density at radius 1 is 1.11 bits per heavy atom. The summed E-state index contributed by atoms with van der Waals surface area (Å²) in [6.07, 6.45) is 2.60. The number of imide groups is 1. The van der Waals surface area contributed by atoms with Crippen molar-refractivity contribution < 1.29 is 19.1 Å². The molecule has 246 valence electrons. The molecule has 0 aliphatic carbocycles. The van der Waals surface area contributed by atoms with Gasteiger partial charge in [-0.05, 0) is 82.8 Å². The van der Waals surface area contributed by atoms with Crippen LogP contribution in [0.2, 0.25) is 10.0 Å². The Labute approximate surface area is 288 Å². The van der Waals surface area contributed by atoms with Gasteiger partial charge in [-0.2, -0.15) is 0 Å². The van der Waals surface area contributed by atoms with Crippen LogP contribution in [0.1, 0.15) is 52.0 Å². The number of carbonyl (C=O) groups is 3. The second kappa shape index (κ2) is 15.5. The Morgan fingerprint density at radius 3 is 2.59 bits per heavy atom. The van der Waals surface area contributed by atoms with E-state index in [1.165, 1.54) is 23.1 Å². The molecule has 0 radical (unpaired) electrons. The maximum atomic E-state index is 13.4. The number of nitrogens with one attached hydrogen (secondary N) is 2. The van der Waals surface area contributed by atoms with Crippen LogP contribution in [0.3, 0.4) is 0 Å². The van der Waals surface area contributed by atoms with Crippen LogP contribution < -0.4 is 15.5 Å². The molecule has 0 spiro atoms. The molecule has 1 aromatic heterocycles. The fourth-order valence-electron chi connectivity index (χ4n) is 5.47. The Balaban J connectivity index is 1.14. The quantitative estimate of drug-likeness (QED) is 0.230. The van der Waals surface area contributed by atoms with Crippen LogP contribution in [0.15, 0.2) is 52.2 Å². The van der Waals surface area contributed by atoms with Crippen molar-refractivity contribution in [3.05, 3.63) is 63.5 Å². The molecule has 13 heteroatoms. The molecule has 0 unspecified atom stereocenters. The summed E-state index contributed by atoms with van der Waals surface area (Å²) in [7, 11) is 0. The molecule has 0 saturated carbocycles. The number of aromatic nitrogens is 1. The molecule has 2 aliphatic heterocycles. The number of benzene rings is 2. The Kier molecular flexibility index (Phi) is 11.7. The third-order valence-corrected chi connectivity index (χ3v) is 10.5. The zero-order valence-corrected chi connectivity index (χ0v) is 29.3. The number of hydrogen-bond donors (Lipinski definition) is 2. The number of rotatable bonds is 9. The standard InChI is InChI=1S/C33H39Cl2N5O4S2/c1-33(2,3)44-32(43)40(30(42)27-8-5-13-36-27)24-7-4-6-22(17-24)28-19-45-31(38-28)46-20-29(41)37-23-11-14-39(15-12-23)18-21-9-10-25(34)26(35)16-21/h4,6-7,9-10,16-17,19,23,27,36H,5,8,11-15,18,20H2,1-3H3,(H,37,41)/t27-/m1/s1. The van der Waals surface area contributed by atoms with Crippen LogP contribution >= 0.6 is 46.3 Å². The molecule has 3 amide bonds. The van der Waals surface area contributed by atoms with Crippen LogP contribution in [-0.4, -0.2) is 70.9 Å². The van der Waals surface area contributed by atoms with Gasteiger partial charge in [0.25, 0.3) is 5.91 Å². The second-order valence-corrected chi connectivity index (χ2v) is 15.4. The lowest BCUT2D eigenvalue weighted by molar-refractivity contribution is -0.120. The fraction of sp³-hybridized carbons (Fsp3) is 0.455. The minimum absolute atomic E-state index is 0.0151. The van der Waals surface area contributed by atoms with Crippen LogP contribution in [0.5, 0.6) is 0 Å². The number of nitrogens with zero attached hydrogens (tertiary/aromatic N) is 3. The van der Waals surface area contributed by atoms with E-state index in [1.54, 1.807) is 39.0 Å². The summed E-state index contributed by atoms with van der Waals surface area (Å²) in [5.74, 6) is -0.0773. The molecule has 46 heavy (non-hydrogen) atoms. The van der Waals surface area contributed by atoms with Gasteiger partial charge in [-0.3, -0.25) is 14.5 Å². The van der Waals surface area contributed by atoms with Crippen molar-refractivity contribution in [1.29, 1.82) is 0 Å². The van der Waals surface area contributed by atoms with Crippen molar-refractivity contribution in [3.63, 3.8) is 0 Å². The second-order valence-electron chi connectivity index (χ2n) is 12.5. The molecule has 3 heterocycles. The maximum Gasteiger partial charge on any atom is 0.421 e. The van der Waals surface area contributed by atoms with Crippen molar-refractivity contribution in [3.8, 4) is 11.3 Å². The highest BCUT2D eigenvalue weighted by Gasteiger charge is 2.35. The number of amides is 3. The Hall–Kier alpha value is -2.67. The van der Waals surface area contributed by atoms with Gasteiger partial charge in [-0.15, -0.1) is 11.3 Å². The van der Waals surface area contributed by atoms with E-state index < -0.39 is 17.7 Å². The largest absolute Gasteiger partial charge is 0.443 e. The topological polar surface area (TPSA) is 104 Å². The number of halogens is 2. The van der Waals surface area contributed by atoms with Gasteiger partial charge in [0.15, 0.2) is 4.34 Å². The van der Waals surface area contributed by atoms with Crippen molar-refractivity contribution in [2.75, 3.05) is 30.3 Å². The number of thioether (sulfide) groups is 1. The number of piperidine rings is 1. The molecule has 2 aromatic carbocycles. The van der Waals surface area contributed by atoms with Gasteiger partial charge in [-0.25, -0.2) is 14.7 Å². The van der Waals surface area contributed by atoms with E-state index in [0.717, 1.165) is 65.8 Å². The van der Waals surface area contributed by atoms with Crippen LogP contribution in [0.4, 0.5) is 10.5 Å². The van der Waals surface area contributed by atoms with Crippen molar-refractivity contribution >= 4 is 69.9 Å². The van der Waals surface area contributed by atoms with Gasteiger partial charge in [0.05, 0.1) is 33.2 Å². The van der Waals surface area contributed by atoms with E-state index in [1.807, 2.05) is 29.6 Å². The van der Waals surface area contributed by atoms with Crippen molar-refractivity contribution in [1.82, 2.24) is 20.5 Å². The molecule has 1 atom stereocenters. The van der Waals surface area contributed by atoms with Gasteiger partial charge in [0.1, 0.15) is 5.60 Å². The lowest BCUT2D eigenvalue weighted by Crippen LogP contribution is -2.48. The lowest BCUT2D eigenvalue weighted by atomic mass is 10.0. The highest BCUT2D eigenvalue weighted by molar-refractivity contribution is 8.01. The molecular weight excluding hydrogens is 665 g/mol. The summed E-state index contributed by atoms with van der Waals surface area (Å²) in [6.45, 7) is 8.64. The molecule has 3 aromatic rings. The van der Waals surface area contributed by atoms with E-state index in [-0.39, 0.29) is 23.6 Å². The summed E-state index contributed by atoms with van der Waals surface area (Å²) in [6, 6.07) is 12.6. The fourth-order valence-corrected chi connectivity index (χ4v) is 7.44. The Bertz CT molecular complexity index is 1550. The predicted octanol–water partition coefficient (Wildman–Crippen LogP) is 7.01. The van der Waals surface area contributed by atoms with Crippen molar-refractivity contribution in [2.24, 2.45) is 0 Å². The van der Waals surface area contributed by atoms with Gasteiger partial charge in [0, 0.05) is 36.6 Å². The summed E-state index contributed by atoms with van der Waals surface area (Å²) in [4.78, 5) is 47.6. The number of carbonyl (C=O) groups excluding carboxylic acids is 3. The van der Waals surface area contributed by atoms with E-state index in [0.29, 0.717) is 27.8 Å². The van der Waals surface area contributed by atoms with Crippen LogP contribution in [-0.2, 0) is 20.9 Å². The SMILES string of the molecule is CC(C)(C)OC(=O)N(C(=O)[C@H]1CCCN1)c1cccc(-c2csc(SCC(=O)NC3CCN(Cc4ccc(Cl)c(Cl)c4)CC3)n2)c1. The molecule has 2 fully saturated rings. The van der Waals surface area contributed by atoms with Gasteiger partial charge in [0.2, 0.25) is 5.91 Å². The smallest absolute Gasteiger partial charge is 0.421 e. The van der Waals surface area contributed by atoms with Crippen molar-refractivity contribution in [2.45, 2.75) is 75.0 Å². The van der Waals surface area contributed by atoms with Crippen LogP contribution in [0, 0.1) is 0 Å². The normalized spacial score (nSPS) is 17.5. The van der Waals surface area contributed by atoms with E-state index in [9.17, 15) is 14.4 Å². The van der Waals surface area contributed by atoms with Gasteiger partial charge < -0.3 is 15.4 Å². The average molecular weight is 705 g/mol. The minimum Gasteiger partial charge on any atom is -0.443 e. The number of hydrogen-bond acceptors (Lipinski definition) is 9. The molecule has 5 rings (SSSR count). The zero-order valence-electron chi connectivity index (χ0n) is 26.2. The highest BCUT2D eigenvalue weighted by Crippen LogP contribution is 2.31. The summed E-state index contributed by atoms with van der Waals surface area (Å²) in [5, 5.41) is 9.39. The molecule has 0 bridgehead atoms. The monoisotopic (exact) mass is 703 g/mol. The molecular formula is C33H39Cl2N5O4S2. The minimum atomic E-state index is -0.756. The van der Waals surface area contributed by atoms with Crippen LogP contribution in [0.25, 0.3) is 11.3 Å². The third kappa shape index (κ3) is 9.45. The average Bonchev–Trinajstić information content (AvgIpc) is 3.72. The summed E-state index contributed by atoms with van der Waals surface area (Å²) < 4.78 is 6.37. The summed E-state index contributed by atoms with van der Waals surface area (Å²) >= 11 is 15.0. The predicted molar refractivity (Wildman–Crippen MR) is 186 cm³/mol. The first-order chi connectivity index (χ1) is 21.9. The molecule has 2 N–H and O–H groups in total. The van der Waals surface area contributed by atoms with E-state index in [2.05, 4.69) is 15.5 Å². The lowest BCUT2D eigenvalue weighted by Gasteiger charge is -2.32. The zero-order chi connectivity index (χ0) is 32.8. The number of likely N-dealkylation sites (tertiary alicyclic amines) is 1. The number of ether oxygens (including phenoxy) is 1. The highest BCUT2D eigenvalue weighted by atomic mass is 35.5. The van der Waals surface area contributed by atoms with E-state index >= 15 is 0 Å². The Morgan fingerprint density at radius 2 is 1.89 bits per heavy atom. The van der Waals surface area contributed by atoms with Gasteiger partial charge in [-0.1, -0.05) is 53.2 Å². The number of anilines is 1. The summed E-state index contributed by atoms with van der Waals surface area (Å²) in [5.41, 5.74) is 2.26. The first-order valence-electron chi connectivity index (χ1n) is 15.4. The molecule has 2 saturated heterocycles. The first kappa shape index (κ1) is 34.7. The van der Waals surface area contributed by atoms with Gasteiger partial charge >= 0.3 is 6.09 Å². The molecule has 2 aliphatic rings. The number of thiazole rings is 1. The van der Waals surface area contributed by atoms with E-state index in [4.69, 9.17) is 32.9 Å².